The first-order chi connectivity index (χ1) is 7.59. The molecule has 2 aromatic rings. The van der Waals surface area contributed by atoms with Gasteiger partial charge >= 0.3 is 5.97 Å². The second-order valence-corrected chi connectivity index (χ2v) is 5.03. The van der Waals surface area contributed by atoms with Crippen molar-refractivity contribution in [3.63, 3.8) is 0 Å². The van der Waals surface area contributed by atoms with Crippen LogP contribution in [0.1, 0.15) is 10.4 Å². The zero-order valence-corrected chi connectivity index (χ0v) is 10.5. The van der Waals surface area contributed by atoms with Crippen molar-refractivity contribution in [3.8, 4) is 11.1 Å². The third kappa shape index (κ3) is 1.96. The smallest absolute Gasteiger partial charge is 0.339 e. The van der Waals surface area contributed by atoms with E-state index in [4.69, 9.17) is 10.8 Å². The second-order valence-electron chi connectivity index (χ2n) is 3.20. The van der Waals surface area contributed by atoms with Crippen LogP contribution in [0.3, 0.4) is 0 Å². The van der Waals surface area contributed by atoms with Crippen molar-refractivity contribution in [2.45, 2.75) is 0 Å². The van der Waals surface area contributed by atoms with Crippen LogP contribution in [0.5, 0.6) is 0 Å². The van der Waals surface area contributed by atoms with Crippen molar-refractivity contribution in [2.24, 2.45) is 0 Å². The predicted octanol–water partition coefficient (Wildman–Crippen LogP) is 3.46. The maximum Gasteiger partial charge on any atom is 0.339 e. The SMILES string of the molecule is Nc1scc(-c2ccc(Br)cc2)c1C(=O)O. The van der Waals surface area contributed by atoms with E-state index in [-0.39, 0.29) is 5.56 Å². The lowest BCUT2D eigenvalue weighted by Gasteiger charge is -2.01. The normalized spacial score (nSPS) is 10.3. The van der Waals surface area contributed by atoms with E-state index in [0.717, 1.165) is 10.0 Å². The van der Waals surface area contributed by atoms with Crippen LogP contribution in [0.4, 0.5) is 5.00 Å². The topological polar surface area (TPSA) is 63.3 Å². The minimum atomic E-state index is -0.989. The van der Waals surface area contributed by atoms with E-state index in [1.54, 1.807) is 5.38 Å². The maximum absolute atomic E-state index is 11.1. The molecule has 0 fully saturated rings. The number of nitrogens with two attached hydrogens (primary N) is 1. The van der Waals surface area contributed by atoms with Crippen LogP contribution in [0.15, 0.2) is 34.1 Å². The maximum atomic E-state index is 11.1. The quantitative estimate of drug-likeness (QED) is 0.892. The van der Waals surface area contributed by atoms with Crippen LogP contribution in [0.25, 0.3) is 11.1 Å². The summed E-state index contributed by atoms with van der Waals surface area (Å²) in [5, 5.41) is 11.2. The molecule has 0 amide bonds. The largest absolute Gasteiger partial charge is 0.478 e. The molecular weight excluding hydrogens is 290 g/mol. The molecule has 82 valence electrons. The number of aromatic carboxylic acids is 1. The number of carboxylic acid groups (broad SMARTS) is 1. The Labute approximate surface area is 105 Å². The molecule has 0 aliphatic heterocycles. The first-order valence-electron chi connectivity index (χ1n) is 4.46. The van der Waals surface area contributed by atoms with E-state index in [2.05, 4.69) is 15.9 Å². The summed E-state index contributed by atoms with van der Waals surface area (Å²) in [5.41, 5.74) is 7.35. The van der Waals surface area contributed by atoms with E-state index in [9.17, 15) is 4.79 Å². The van der Waals surface area contributed by atoms with Crippen molar-refractivity contribution >= 4 is 38.2 Å². The van der Waals surface area contributed by atoms with Crippen LogP contribution >= 0.6 is 27.3 Å². The average Bonchev–Trinajstić information content (AvgIpc) is 2.61. The summed E-state index contributed by atoms with van der Waals surface area (Å²) in [6.07, 6.45) is 0. The number of anilines is 1. The lowest BCUT2D eigenvalue weighted by atomic mass is 10.0. The summed E-state index contributed by atoms with van der Waals surface area (Å²) in [6.45, 7) is 0. The molecule has 3 N–H and O–H groups in total. The van der Waals surface area contributed by atoms with Crippen molar-refractivity contribution in [1.82, 2.24) is 0 Å². The summed E-state index contributed by atoms with van der Waals surface area (Å²) in [5.74, 6) is -0.989. The summed E-state index contributed by atoms with van der Waals surface area (Å²) < 4.78 is 0.955. The summed E-state index contributed by atoms with van der Waals surface area (Å²) >= 11 is 4.58. The molecule has 5 heteroatoms. The summed E-state index contributed by atoms with van der Waals surface area (Å²) in [6, 6.07) is 7.46. The Kier molecular flexibility index (Phi) is 2.98. The van der Waals surface area contributed by atoms with Crippen LogP contribution in [-0.2, 0) is 0 Å². The number of hydrogen-bond donors (Lipinski definition) is 2. The molecule has 0 spiro atoms. The van der Waals surface area contributed by atoms with Gasteiger partial charge in [-0.1, -0.05) is 28.1 Å². The fourth-order valence-corrected chi connectivity index (χ4v) is 2.51. The highest BCUT2D eigenvalue weighted by Gasteiger charge is 2.17. The first-order valence-corrected chi connectivity index (χ1v) is 6.13. The highest BCUT2D eigenvalue weighted by atomic mass is 79.9. The van der Waals surface area contributed by atoms with Gasteiger partial charge in [0.05, 0.1) is 0 Å². The third-order valence-corrected chi connectivity index (χ3v) is 3.53. The Morgan fingerprint density at radius 2 is 1.94 bits per heavy atom. The second kappa shape index (κ2) is 4.27. The van der Waals surface area contributed by atoms with Gasteiger partial charge in [-0.2, -0.15) is 0 Å². The fraction of sp³-hybridized carbons (Fsp3) is 0. The third-order valence-electron chi connectivity index (χ3n) is 2.19. The van der Waals surface area contributed by atoms with Gasteiger partial charge in [0.1, 0.15) is 10.6 Å². The number of carboxylic acids is 1. The molecule has 1 aromatic heterocycles. The van der Waals surface area contributed by atoms with Gasteiger partial charge in [0.15, 0.2) is 0 Å². The molecule has 0 atom stereocenters. The van der Waals surface area contributed by atoms with E-state index < -0.39 is 5.97 Å². The van der Waals surface area contributed by atoms with Gasteiger partial charge in [-0.15, -0.1) is 11.3 Å². The van der Waals surface area contributed by atoms with Gasteiger partial charge in [-0.05, 0) is 17.7 Å². The number of nitrogen functional groups attached to an aromatic ring is 1. The molecule has 0 radical (unpaired) electrons. The number of benzene rings is 1. The lowest BCUT2D eigenvalue weighted by Crippen LogP contribution is -2.00. The van der Waals surface area contributed by atoms with E-state index in [0.29, 0.717) is 10.6 Å². The fourth-order valence-electron chi connectivity index (χ4n) is 1.44. The first kappa shape index (κ1) is 11.2. The molecular formula is C11H8BrNO2S. The highest BCUT2D eigenvalue weighted by Crippen LogP contribution is 2.33. The van der Waals surface area contributed by atoms with Gasteiger partial charge in [0.2, 0.25) is 0 Å². The van der Waals surface area contributed by atoms with Gasteiger partial charge in [0.25, 0.3) is 0 Å². The van der Waals surface area contributed by atoms with Gasteiger partial charge in [0, 0.05) is 15.4 Å². The lowest BCUT2D eigenvalue weighted by molar-refractivity contribution is 0.0699. The zero-order valence-electron chi connectivity index (χ0n) is 8.11. The monoisotopic (exact) mass is 297 g/mol. The van der Waals surface area contributed by atoms with Gasteiger partial charge < -0.3 is 10.8 Å². The Balaban J connectivity index is 2.56. The highest BCUT2D eigenvalue weighted by molar-refractivity contribution is 9.10. The molecule has 1 aromatic carbocycles. The molecule has 0 saturated heterocycles. The van der Waals surface area contributed by atoms with E-state index in [1.165, 1.54) is 11.3 Å². The van der Waals surface area contributed by atoms with Crippen molar-refractivity contribution in [3.05, 3.63) is 39.7 Å². The number of rotatable bonds is 2. The molecule has 3 nitrogen and oxygen atoms in total. The van der Waals surface area contributed by atoms with Crippen LogP contribution < -0.4 is 5.73 Å². The van der Waals surface area contributed by atoms with Gasteiger partial charge in [-0.25, -0.2) is 4.79 Å². The van der Waals surface area contributed by atoms with Gasteiger partial charge in [-0.3, -0.25) is 0 Å². The number of hydrogen-bond acceptors (Lipinski definition) is 3. The standard InChI is InChI=1S/C11H8BrNO2S/c12-7-3-1-6(2-4-7)8-5-16-10(13)9(8)11(14)15/h1-5H,13H2,(H,14,15). The van der Waals surface area contributed by atoms with E-state index >= 15 is 0 Å². The molecule has 0 aliphatic carbocycles. The number of thiophene rings is 1. The molecule has 0 saturated carbocycles. The molecule has 0 aliphatic rings. The molecule has 1 heterocycles. The minimum Gasteiger partial charge on any atom is -0.478 e. The van der Waals surface area contributed by atoms with Crippen LogP contribution in [0.2, 0.25) is 0 Å². The zero-order chi connectivity index (χ0) is 11.7. The van der Waals surface area contributed by atoms with E-state index in [1.807, 2.05) is 24.3 Å². The van der Waals surface area contributed by atoms with Crippen LogP contribution in [0, 0.1) is 0 Å². The average molecular weight is 298 g/mol. The van der Waals surface area contributed by atoms with Crippen molar-refractivity contribution in [2.75, 3.05) is 5.73 Å². The molecule has 2 rings (SSSR count). The summed E-state index contributed by atoms with van der Waals surface area (Å²) in [4.78, 5) is 11.1. The molecule has 0 unspecified atom stereocenters. The Bertz CT molecular complexity index is 533. The Hall–Kier alpha value is -1.33. The molecule has 0 bridgehead atoms. The predicted molar refractivity (Wildman–Crippen MR) is 68.8 cm³/mol. The minimum absolute atomic E-state index is 0.187. The molecule has 16 heavy (non-hydrogen) atoms. The number of halogens is 1. The van der Waals surface area contributed by atoms with Crippen molar-refractivity contribution < 1.29 is 9.90 Å². The Morgan fingerprint density at radius 3 is 2.50 bits per heavy atom. The Morgan fingerprint density at radius 1 is 1.31 bits per heavy atom. The van der Waals surface area contributed by atoms with Crippen LogP contribution in [-0.4, -0.2) is 11.1 Å². The van der Waals surface area contributed by atoms with Crippen molar-refractivity contribution in [1.29, 1.82) is 0 Å². The number of carbonyl (C=O) groups is 1. The summed E-state index contributed by atoms with van der Waals surface area (Å²) in [7, 11) is 0.